The Hall–Kier alpha value is -2.79. The minimum atomic E-state index is -0.179. The lowest BCUT2D eigenvalue weighted by molar-refractivity contribution is -0.118. The third-order valence-corrected chi connectivity index (χ3v) is 4.74. The fourth-order valence-electron chi connectivity index (χ4n) is 2.27. The van der Waals surface area contributed by atoms with E-state index in [4.69, 9.17) is 4.74 Å². The van der Waals surface area contributed by atoms with E-state index in [0.717, 1.165) is 21.9 Å². The van der Waals surface area contributed by atoms with Gasteiger partial charge in [0.1, 0.15) is 5.75 Å². The molecule has 3 aromatic rings. The molecule has 26 heavy (non-hydrogen) atoms. The van der Waals surface area contributed by atoms with Gasteiger partial charge in [-0.2, -0.15) is 0 Å². The largest absolute Gasteiger partial charge is 0.484 e. The van der Waals surface area contributed by atoms with Crippen LogP contribution < -0.4 is 10.1 Å². The number of rotatable bonds is 7. The summed E-state index contributed by atoms with van der Waals surface area (Å²) < 4.78 is 5.48. The second-order valence-corrected chi connectivity index (χ2v) is 6.87. The maximum absolute atomic E-state index is 12.0. The molecule has 1 N–H and O–H groups in total. The first-order valence-electron chi connectivity index (χ1n) is 8.30. The summed E-state index contributed by atoms with van der Waals surface area (Å²) in [7, 11) is 0. The van der Waals surface area contributed by atoms with Gasteiger partial charge in [0.25, 0.3) is 5.91 Å². The van der Waals surface area contributed by atoms with Crippen molar-refractivity contribution in [1.29, 1.82) is 0 Å². The number of pyridine rings is 1. The fourth-order valence-corrected chi connectivity index (χ4v) is 3.10. The Labute approximate surface area is 157 Å². The molecule has 0 spiro atoms. The van der Waals surface area contributed by atoms with E-state index >= 15 is 0 Å². The van der Waals surface area contributed by atoms with Crippen LogP contribution in [0.15, 0.2) is 78.0 Å². The van der Waals surface area contributed by atoms with E-state index < -0.39 is 0 Å². The minimum Gasteiger partial charge on any atom is -0.484 e. The van der Waals surface area contributed by atoms with E-state index in [0.29, 0.717) is 5.75 Å². The van der Waals surface area contributed by atoms with Crippen molar-refractivity contribution < 1.29 is 9.53 Å². The van der Waals surface area contributed by atoms with Crippen molar-refractivity contribution in [2.75, 3.05) is 11.9 Å². The summed E-state index contributed by atoms with van der Waals surface area (Å²) in [6.45, 7) is 2.00. The van der Waals surface area contributed by atoms with Gasteiger partial charge in [-0.1, -0.05) is 23.8 Å². The summed E-state index contributed by atoms with van der Waals surface area (Å²) in [6, 6.07) is 19.4. The van der Waals surface area contributed by atoms with Crippen molar-refractivity contribution in [3.63, 3.8) is 0 Å². The highest BCUT2D eigenvalue weighted by Crippen LogP contribution is 2.24. The molecule has 3 rings (SSSR count). The molecule has 0 saturated heterocycles. The number of anilines is 1. The fraction of sp³-hybridized carbons (Fsp3) is 0.143. The van der Waals surface area contributed by atoms with Crippen LogP contribution in [-0.4, -0.2) is 17.5 Å². The molecule has 0 aliphatic heterocycles. The average molecular weight is 364 g/mol. The highest BCUT2D eigenvalue weighted by molar-refractivity contribution is 7.98. The van der Waals surface area contributed by atoms with Gasteiger partial charge in [0, 0.05) is 28.7 Å². The summed E-state index contributed by atoms with van der Waals surface area (Å²) in [5, 5.41) is 2.84. The maximum atomic E-state index is 12.0. The third-order valence-electron chi connectivity index (χ3n) is 3.66. The number of hydrogen-bond donors (Lipinski definition) is 1. The lowest BCUT2D eigenvalue weighted by Gasteiger charge is -2.08. The molecule has 0 saturated carbocycles. The van der Waals surface area contributed by atoms with Crippen LogP contribution in [0.2, 0.25) is 0 Å². The van der Waals surface area contributed by atoms with E-state index in [1.54, 1.807) is 18.0 Å². The van der Waals surface area contributed by atoms with Gasteiger partial charge in [-0.25, -0.2) is 0 Å². The van der Waals surface area contributed by atoms with E-state index in [9.17, 15) is 4.79 Å². The molecule has 4 nitrogen and oxygen atoms in total. The normalized spacial score (nSPS) is 10.3. The SMILES string of the molecule is Cc1ccc(OCC(=O)Nc2ccc(SCc3cccnc3)cc2)cc1. The number of amides is 1. The van der Waals surface area contributed by atoms with Gasteiger partial charge in [-0.15, -0.1) is 11.8 Å². The van der Waals surface area contributed by atoms with Crippen LogP contribution >= 0.6 is 11.8 Å². The molecule has 0 fully saturated rings. The van der Waals surface area contributed by atoms with Gasteiger partial charge in [-0.3, -0.25) is 9.78 Å². The molecule has 2 aromatic carbocycles. The molecule has 1 heterocycles. The van der Waals surface area contributed by atoms with Crippen LogP contribution in [-0.2, 0) is 10.5 Å². The smallest absolute Gasteiger partial charge is 0.262 e. The predicted molar refractivity (Wildman–Crippen MR) is 106 cm³/mol. The Morgan fingerprint density at radius 1 is 1.08 bits per heavy atom. The quantitative estimate of drug-likeness (QED) is 0.618. The Morgan fingerprint density at radius 2 is 1.85 bits per heavy atom. The van der Waals surface area contributed by atoms with Crippen LogP contribution in [0.3, 0.4) is 0 Å². The first kappa shape index (κ1) is 18.0. The van der Waals surface area contributed by atoms with Gasteiger partial charge in [-0.05, 0) is 55.0 Å². The second-order valence-electron chi connectivity index (χ2n) is 5.82. The van der Waals surface area contributed by atoms with Crippen molar-refractivity contribution in [1.82, 2.24) is 4.98 Å². The zero-order valence-electron chi connectivity index (χ0n) is 14.5. The zero-order chi connectivity index (χ0) is 18.2. The molecule has 0 radical (unpaired) electrons. The third kappa shape index (κ3) is 5.63. The molecule has 0 unspecified atom stereocenters. The summed E-state index contributed by atoms with van der Waals surface area (Å²) in [4.78, 5) is 17.3. The van der Waals surface area contributed by atoms with Gasteiger partial charge in [0.05, 0.1) is 0 Å². The van der Waals surface area contributed by atoms with Crippen LogP contribution in [0.1, 0.15) is 11.1 Å². The number of aromatic nitrogens is 1. The van der Waals surface area contributed by atoms with E-state index in [2.05, 4.69) is 16.4 Å². The number of thioether (sulfide) groups is 1. The molecule has 0 aliphatic rings. The van der Waals surface area contributed by atoms with Crippen LogP contribution in [0.5, 0.6) is 5.75 Å². The summed E-state index contributed by atoms with van der Waals surface area (Å²) in [5.41, 5.74) is 3.10. The first-order chi connectivity index (χ1) is 12.7. The number of benzene rings is 2. The highest BCUT2D eigenvalue weighted by Gasteiger charge is 2.04. The van der Waals surface area contributed by atoms with Crippen molar-refractivity contribution in [2.45, 2.75) is 17.6 Å². The van der Waals surface area contributed by atoms with Crippen molar-refractivity contribution in [2.24, 2.45) is 0 Å². The summed E-state index contributed by atoms with van der Waals surface area (Å²) in [5.74, 6) is 1.37. The Kier molecular flexibility index (Phi) is 6.28. The van der Waals surface area contributed by atoms with Crippen molar-refractivity contribution >= 4 is 23.4 Å². The Bertz CT molecular complexity index is 834. The van der Waals surface area contributed by atoms with Crippen molar-refractivity contribution in [3.05, 3.63) is 84.2 Å². The summed E-state index contributed by atoms with van der Waals surface area (Å²) >= 11 is 1.73. The van der Waals surface area contributed by atoms with E-state index in [1.165, 1.54) is 5.56 Å². The molecule has 0 bridgehead atoms. The molecule has 0 aliphatic carbocycles. The van der Waals surface area contributed by atoms with Gasteiger partial charge in [0.2, 0.25) is 0 Å². The Morgan fingerprint density at radius 3 is 2.54 bits per heavy atom. The topological polar surface area (TPSA) is 51.2 Å². The van der Waals surface area contributed by atoms with E-state index in [1.807, 2.05) is 67.7 Å². The molecule has 1 aromatic heterocycles. The molecule has 0 atom stereocenters. The number of nitrogens with one attached hydrogen (secondary N) is 1. The zero-order valence-corrected chi connectivity index (χ0v) is 15.3. The molecular weight excluding hydrogens is 344 g/mol. The number of carbonyl (C=O) groups is 1. The van der Waals surface area contributed by atoms with E-state index in [-0.39, 0.29) is 12.5 Å². The van der Waals surface area contributed by atoms with Crippen LogP contribution in [0, 0.1) is 6.92 Å². The molecule has 5 heteroatoms. The maximum Gasteiger partial charge on any atom is 0.262 e. The minimum absolute atomic E-state index is 0.0133. The van der Waals surface area contributed by atoms with Gasteiger partial charge < -0.3 is 10.1 Å². The summed E-state index contributed by atoms with van der Waals surface area (Å²) in [6.07, 6.45) is 3.64. The average Bonchev–Trinajstić information content (AvgIpc) is 2.68. The second kappa shape index (κ2) is 9.06. The van der Waals surface area contributed by atoms with Gasteiger partial charge >= 0.3 is 0 Å². The predicted octanol–water partition coefficient (Wildman–Crippen LogP) is 4.70. The van der Waals surface area contributed by atoms with Crippen molar-refractivity contribution in [3.8, 4) is 5.75 Å². The standard InChI is InChI=1S/C21H20N2O2S/c1-16-4-8-19(9-5-16)25-14-21(24)23-18-6-10-20(11-7-18)26-15-17-3-2-12-22-13-17/h2-13H,14-15H2,1H3,(H,23,24). The van der Waals surface area contributed by atoms with Gasteiger partial charge in [0.15, 0.2) is 6.61 Å². The highest BCUT2D eigenvalue weighted by atomic mass is 32.2. The molecular formula is C21H20N2O2S. The molecule has 1 amide bonds. The van der Waals surface area contributed by atoms with Crippen LogP contribution in [0.25, 0.3) is 0 Å². The Balaban J connectivity index is 1.45. The number of carbonyl (C=O) groups excluding carboxylic acids is 1. The molecule has 132 valence electrons. The number of aryl methyl sites for hydroxylation is 1. The number of hydrogen-bond acceptors (Lipinski definition) is 4. The lowest BCUT2D eigenvalue weighted by atomic mass is 10.2. The van der Waals surface area contributed by atoms with Crippen LogP contribution in [0.4, 0.5) is 5.69 Å². The number of nitrogens with zero attached hydrogens (tertiary/aromatic N) is 1. The monoisotopic (exact) mass is 364 g/mol. The number of ether oxygens (including phenoxy) is 1. The lowest BCUT2D eigenvalue weighted by Crippen LogP contribution is -2.20. The first-order valence-corrected chi connectivity index (χ1v) is 9.29.